The zero-order valence-corrected chi connectivity index (χ0v) is 11.3. The lowest BCUT2D eigenvalue weighted by atomic mass is 10.1. The van der Waals surface area contributed by atoms with Crippen LogP contribution in [0.2, 0.25) is 0 Å². The van der Waals surface area contributed by atoms with Gasteiger partial charge in [0.15, 0.2) is 5.82 Å². The number of aromatic nitrogens is 2. The van der Waals surface area contributed by atoms with Crippen LogP contribution >= 0.6 is 0 Å². The molecule has 0 bridgehead atoms. The number of anilines is 1. The molecule has 100 valence electrons. The predicted molar refractivity (Wildman–Crippen MR) is 71.0 cm³/mol. The molecule has 1 aliphatic rings. The summed E-state index contributed by atoms with van der Waals surface area (Å²) in [6.45, 7) is 7.17. The molecule has 1 aromatic heterocycles. The van der Waals surface area contributed by atoms with Crippen molar-refractivity contribution in [2.45, 2.75) is 45.3 Å². The van der Waals surface area contributed by atoms with Crippen LogP contribution in [-0.4, -0.2) is 28.3 Å². The van der Waals surface area contributed by atoms with Crippen LogP contribution in [0.5, 0.6) is 0 Å². The summed E-state index contributed by atoms with van der Waals surface area (Å²) in [6, 6.07) is 0.376. The van der Waals surface area contributed by atoms with Crippen LogP contribution in [0.1, 0.15) is 39.7 Å². The van der Waals surface area contributed by atoms with Gasteiger partial charge in [0.05, 0.1) is 5.60 Å². The van der Waals surface area contributed by atoms with Crippen LogP contribution in [0, 0.1) is 0 Å². The molecule has 0 saturated heterocycles. The fourth-order valence-electron chi connectivity index (χ4n) is 1.92. The normalized spacial score (nSPS) is 15.7. The minimum absolute atomic E-state index is 0.0349. The lowest BCUT2D eigenvalue weighted by molar-refractivity contribution is 0.000619. The van der Waals surface area contributed by atoms with Gasteiger partial charge in [0.1, 0.15) is 0 Å². The minimum Gasteiger partial charge on any atom is -0.374 e. The number of rotatable bonds is 6. The van der Waals surface area contributed by atoms with E-state index in [1.165, 1.54) is 0 Å². The molecule has 0 radical (unpaired) electrons. The maximum atomic E-state index is 12.1. The van der Waals surface area contributed by atoms with Crippen molar-refractivity contribution >= 4 is 5.82 Å². The van der Waals surface area contributed by atoms with E-state index in [1.54, 1.807) is 17.0 Å². The summed E-state index contributed by atoms with van der Waals surface area (Å²) < 4.78 is 7.35. The number of nitrogens with one attached hydrogen (secondary N) is 1. The molecule has 0 aromatic carbocycles. The highest BCUT2D eigenvalue weighted by Crippen LogP contribution is 2.33. The molecule has 1 aromatic rings. The number of hydrogen-bond donors (Lipinski definition) is 1. The molecule has 0 spiro atoms. The predicted octanol–water partition coefficient (Wildman–Crippen LogP) is 1.81. The zero-order valence-electron chi connectivity index (χ0n) is 11.3. The van der Waals surface area contributed by atoms with E-state index < -0.39 is 0 Å². The van der Waals surface area contributed by atoms with E-state index in [9.17, 15) is 4.79 Å². The maximum Gasteiger partial charge on any atom is 0.293 e. The summed E-state index contributed by atoms with van der Waals surface area (Å²) in [7, 11) is 0. The van der Waals surface area contributed by atoms with Crippen molar-refractivity contribution in [3.05, 3.63) is 22.7 Å². The largest absolute Gasteiger partial charge is 0.374 e. The molecule has 5 heteroatoms. The van der Waals surface area contributed by atoms with Gasteiger partial charge < -0.3 is 14.6 Å². The molecule has 1 fully saturated rings. The Hall–Kier alpha value is -1.36. The van der Waals surface area contributed by atoms with Crippen LogP contribution in [0.15, 0.2) is 17.2 Å². The van der Waals surface area contributed by atoms with E-state index in [2.05, 4.69) is 10.3 Å². The van der Waals surface area contributed by atoms with Crippen LogP contribution in [-0.2, 0) is 4.74 Å². The summed E-state index contributed by atoms with van der Waals surface area (Å²) in [5, 5.41) is 3.09. The third-order valence-electron chi connectivity index (χ3n) is 3.02. The van der Waals surface area contributed by atoms with Crippen molar-refractivity contribution < 1.29 is 4.74 Å². The molecule has 0 amide bonds. The average molecular weight is 251 g/mol. The van der Waals surface area contributed by atoms with Gasteiger partial charge in [0.25, 0.3) is 5.56 Å². The summed E-state index contributed by atoms with van der Waals surface area (Å²) in [6.07, 6.45) is 5.62. The molecule has 0 atom stereocenters. The van der Waals surface area contributed by atoms with Crippen molar-refractivity contribution in [2.24, 2.45) is 0 Å². The highest BCUT2D eigenvalue weighted by molar-refractivity contribution is 5.31. The Balaban J connectivity index is 2.05. The van der Waals surface area contributed by atoms with Crippen LogP contribution < -0.4 is 10.9 Å². The van der Waals surface area contributed by atoms with Crippen molar-refractivity contribution in [3.63, 3.8) is 0 Å². The Labute approximate surface area is 107 Å². The molecule has 5 nitrogen and oxygen atoms in total. The lowest BCUT2D eigenvalue weighted by Crippen LogP contribution is -2.35. The standard InChI is InChI=1S/C13H21N3O2/c1-4-18-13(2,3)9-15-11-12(17)16(8-7-14-11)10-5-6-10/h7-8,10H,4-6,9H2,1-3H3,(H,14,15). The first-order valence-electron chi connectivity index (χ1n) is 6.48. The van der Waals surface area contributed by atoms with Crippen LogP contribution in [0.25, 0.3) is 0 Å². The average Bonchev–Trinajstić information content (AvgIpc) is 3.12. The third kappa shape index (κ3) is 3.10. The second kappa shape index (κ2) is 5.10. The fraction of sp³-hybridized carbons (Fsp3) is 0.692. The van der Waals surface area contributed by atoms with Crippen molar-refractivity contribution in [1.29, 1.82) is 0 Å². The molecule has 1 heterocycles. The van der Waals surface area contributed by atoms with E-state index in [0.717, 1.165) is 12.8 Å². The summed E-state index contributed by atoms with van der Waals surface area (Å²) in [4.78, 5) is 16.2. The third-order valence-corrected chi connectivity index (χ3v) is 3.02. The monoisotopic (exact) mass is 251 g/mol. The Kier molecular flexibility index (Phi) is 3.71. The van der Waals surface area contributed by atoms with E-state index >= 15 is 0 Å². The van der Waals surface area contributed by atoms with Gasteiger partial charge in [-0.2, -0.15) is 0 Å². The lowest BCUT2D eigenvalue weighted by Gasteiger charge is -2.25. The minimum atomic E-state index is -0.302. The van der Waals surface area contributed by atoms with Gasteiger partial charge in [0, 0.05) is 31.6 Å². The Morgan fingerprint density at radius 2 is 2.28 bits per heavy atom. The van der Waals surface area contributed by atoms with Gasteiger partial charge in [-0.15, -0.1) is 0 Å². The van der Waals surface area contributed by atoms with Crippen molar-refractivity contribution in [2.75, 3.05) is 18.5 Å². The first kappa shape index (κ1) is 13.1. The second-order valence-electron chi connectivity index (χ2n) is 5.27. The van der Waals surface area contributed by atoms with E-state index in [0.29, 0.717) is 25.0 Å². The van der Waals surface area contributed by atoms with Gasteiger partial charge >= 0.3 is 0 Å². The number of nitrogens with zero attached hydrogens (tertiary/aromatic N) is 2. The highest BCUT2D eigenvalue weighted by atomic mass is 16.5. The van der Waals surface area contributed by atoms with Gasteiger partial charge in [0.2, 0.25) is 0 Å². The number of hydrogen-bond acceptors (Lipinski definition) is 4. The molecule has 0 aliphatic heterocycles. The first-order chi connectivity index (χ1) is 8.53. The van der Waals surface area contributed by atoms with Crippen molar-refractivity contribution in [1.82, 2.24) is 9.55 Å². The summed E-state index contributed by atoms with van der Waals surface area (Å²) in [5.74, 6) is 0.414. The first-order valence-corrected chi connectivity index (χ1v) is 6.48. The molecule has 1 N–H and O–H groups in total. The summed E-state index contributed by atoms with van der Waals surface area (Å²) in [5.41, 5.74) is -0.337. The molecule has 18 heavy (non-hydrogen) atoms. The summed E-state index contributed by atoms with van der Waals surface area (Å²) >= 11 is 0. The molecule has 1 aliphatic carbocycles. The Bertz CT molecular complexity index is 464. The SMILES string of the molecule is CCOC(C)(C)CNc1nccn(C2CC2)c1=O. The highest BCUT2D eigenvalue weighted by Gasteiger charge is 2.25. The molecule has 2 rings (SSSR count). The van der Waals surface area contributed by atoms with E-state index in [1.807, 2.05) is 20.8 Å². The molecular formula is C13H21N3O2. The van der Waals surface area contributed by atoms with Gasteiger partial charge in [-0.1, -0.05) is 0 Å². The molecular weight excluding hydrogens is 230 g/mol. The smallest absolute Gasteiger partial charge is 0.293 e. The fourth-order valence-corrected chi connectivity index (χ4v) is 1.92. The zero-order chi connectivity index (χ0) is 13.2. The maximum absolute atomic E-state index is 12.1. The quantitative estimate of drug-likeness (QED) is 0.837. The number of ether oxygens (including phenoxy) is 1. The van der Waals surface area contributed by atoms with Gasteiger partial charge in [-0.05, 0) is 33.6 Å². The topological polar surface area (TPSA) is 56.1 Å². The van der Waals surface area contributed by atoms with E-state index in [-0.39, 0.29) is 11.2 Å². The van der Waals surface area contributed by atoms with Crippen LogP contribution in [0.4, 0.5) is 5.82 Å². The van der Waals surface area contributed by atoms with Crippen molar-refractivity contribution in [3.8, 4) is 0 Å². The van der Waals surface area contributed by atoms with E-state index in [4.69, 9.17) is 4.74 Å². The van der Waals surface area contributed by atoms with Crippen LogP contribution in [0.3, 0.4) is 0 Å². The Morgan fingerprint density at radius 3 is 2.89 bits per heavy atom. The second-order valence-corrected chi connectivity index (χ2v) is 5.27. The van der Waals surface area contributed by atoms with Gasteiger partial charge in [-0.25, -0.2) is 4.98 Å². The Morgan fingerprint density at radius 1 is 1.56 bits per heavy atom. The molecule has 1 saturated carbocycles. The van der Waals surface area contributed by atoms with Gasteiger partial charge in [-0.3, -0.25) is 4.79 Å². The molecule has 0 unspecified atom stereocenters.